The first kappa shape index (κ1) is 10.8. The number of rotatable bonds is 2. The van der Waals surface area contributed by atoms with Crippen molar-refractivity contribution in [3.05, 3.63) is 11.7 Å². The summed E-state index contributed by atoms with van der Waals surface area (Å²) in [5.74, 6) is 4.80. The fourth-order valence-corrected chi connectivity index (χ4v) is 5.21. The summed E-state index contributed by atoms with van der Waals surface area (Å²) in [5, 5.41) is 7.99. The van der Waals surface area contributed by atoms with Gasteiger partial charge in [0.25, 0.3) is 0 Å². The molecule has 6 atom stereocenters. The second-order valence-electron chi connectivity index (χ2n) is 7.16. The number of nitrogens with zero attached hydrogens (tertiary/aromatic N) is 2. The molecule has 6 unspecified atom stereocenters. The molecule has 0 amide bonds. The van der Waals surface area contributed by atoms with Crippen LogP contribution in [0.5, 0.6) is 0 Å². The van der Waals surface area contributed by atoms with Crippen LogP contribution in [0, 0.1) is 11.8 Å². The fourth-order valence-electron chi connectivity index (χ4n) is 5.21. The summed E-state index contributed by atoms with van der Waals surface area (Å²) in [6, 6.07) is 1.30. The molecule has 4 aliphatic rings. The molecule has 1 aromatic heterocycles. The van der Waals surface area contributed by atoms with E-state index in [9.17, 15) is 0 Å². The van der Waals surface area contributed by atoms with Gasteiger partial charge < -0.3 is 9.84 Å². The van der Waals surface area contributed by atoms with Crippen LogP contribution in [0.3, 0.4) is 0 Å². The van der Waals surface area contributed by atoms with E-state index in [4.69, 9.17) is 9.51 Å². The zero-order valence-corrected chi connectivity index (χ0v) is 11.2. The lowest BCUT2D eigenvalue weighted by Gasteiger charge is -2.18. The zero-order valence-electron chi connectivity index (χ0n) is 11.2. The zero-order chi connectivity index (χ0) is 12.4. The third-order valence-electron chi connectivity index (χ3n) is 6.14. The van der Waals surface area contributed by atoms with Gasteiger partial charge in [0, 0.05) is 18.0 Å². The van der Waals surface area contributed by atoms with Crippen LogP contribution < -0.4 is 5.32 Å². The van der Waals surface area contributed by atoms with Crippen LogP contribution in [0.15, 0.2) is 4.52 Å². The standard InChI is InChI=1S/C15H21N3O/c1-2-9-5-8(1)6-11(9)14-17-15(19-18-14)12-7-10-3-4-13(12)16-10/h8-13,16H,1-7H2. The Bertz CT molecular complexity index is 457. The molecule has 2 aliphatic carbocycles. The molecule has 1 N–H and O–H groups in total. The lowest BCUT2D eigenvalue weighted by atomic mass is 9.87. The molecule has 2 saturated heterocycles. The third-order valence-corrected chi connectivity index (χ3v) is 6.14. The molecule has 2 saturated carbocycles. The maximum atomic E-state index is 5.62. The van der Waals surface area contributed by atoms with Crippen molar-refractivity contribution < 1.29 is 4.52 Å². The summed E-state index contributed by atoms with van der Waals surface area (Å²) >= 11 is 0. The Kier molecular flexibility index (Phi) is 2.17. The first-order chi connectivity index (χ1) is 9.37. The number of nitrogens with one attached hydrogen (secondary N) is 1. The predicted octanol–water partition coefficient (Wildman–Crippen LogP) is 2.58. The van der Waals surface area contributed by atoms with Gasteiger partial charge in [-0.2, -0.15) is 4.98 Å². The Balaban J connectivity index is 1.39. The highest BCUT2D eigenvalue weighted by Crippen LogP contribution is 2.52. The van der Waals surface area contributed by atoms with Crippen molar-refractivity contribution in [3.8, 4) is 0 Å². The topological polar surface area (TPSA) is 51.0 Å². The predicted molar refractivity (Wildman–Crippen MR) is 69.8 cm³/mol. The van der Waals surface area contributed by atoms with Gasteiger partial charge in [-0.05, 0) is 50.4 Å². The number of hydrogen-bond donors (Lipinski definition) is 1. The van der Waals surface area contributed by atoms with E-state index in [1.165, 1.54) is 44.9 Å². The van der Waals surface area contributed by atoms with Crippen molar-refractivity contribution in [2.75, 3.05) is 0 Å². The number of aromatic nitrogens is 2. The average Bonchev–Trinajstić information content (AvgIpc) is 3.20. The summed E-state index contributed by atoms with van der Waals surface area (Å²) in [6.45, 7) is 0. The Hall–Kier alpha value is -0.900. The molecule has 2 aliphatic heterocycles. The molecule has 3 heterocycles. The van der Waals surface area contributed by atoms with Crippen molar-refractivity contribution in [3.63, 3.8) is 0 Å². The van der Waals surface area contributed by atoms with Gasteiger partial charge in [-0.25, -0.2) is 0 Å². The van der Waals surface area contributed by atoms with Crippen molar-refractivity contribution in [1.82, 2.24) is 15.5 Å². The summed E-state index contributed by atoms with van der Waals surface area (Å²) < 4.78 is 5.62. The summed E-state index contributed by atoms with van der Waals surface area (Å²) in [6.07, 6.45) is 9.33. The molecule has 19 heavy (non-hydrogen) atoms. The van der Waals surface area contributed by atoms with E-state index < -0.39 is 0 Å². The third kappa shape index (κ3) is 1.55. The minimum Gasteiger partial charge on any atom is -0.339 e. The lowest BCUT2D eigenvalue weighted by molar-refractivity contribution is 0.320. The molecule has 0 aromatic carbocycles. The van der Waals surface area contributed by atoms with Crippen molar-refractivity contribution >= 4 is 0 Å². The number of hydrogen-bond acceptors (Lipinski definition) is 4. The number of fused-ring (bicyclic) bond motifs is 4. The highest BCUT2D eigenvalue weighted by Gasteiger charge is 2.45. The van der Waals surface area contributed by atoms with Crippen LogP contribution >= 0.6 is 0 Å². The highest BCUT2D eigenvalue weighted by molar-refractivity contribution is 5.12. The second kappa shape index (κ2) is 3.81. The molecule has 5 rings (SSSR count). The maximum Gasteiger partial charge on any atom is 0.231 e. The quantitative estimate of drug-likeness (QED) is 0.887. The van der Waals surface area contributed by atoms with E-state index in [1.807, 2.05) is 0 Å². The van der Waals surface area contributed by atoms with Gasteiger partial charge in [-0.1, -0.05) is 11.6 Å². The summed E-state index contributed by atoms with van der Waals surface area (Å²) in [5.41, 5.74) is 0. The van der Waals surface area contributed by atoms with Crippen LogP contribution in [-0.2, 0) is 0 Å². The summed E-state index contributed by atoms with van der Waals surface area (Å²) in [4.78, 5) is 4.79. The van der Waals surface area contributed by atoms with Gasteiger partial charge in [-0.15, -0.1) is 0 Å². The van der Waals surface area contributed by atoms with E-state index in [1.54, 1.807) is 0 Å². The van der Waals surface area contributed by atoms with E-state index in [2.05, 4.69) is 10.5 Å². The van der Waals surface area contributed by atoms with Crippen LogP contribution in [0.1, 0.15) is 68.5 Å². The minimum atomic E-state index is 0.485. The van der Waals surface area contributed by atoms with E-state index in [0.717, 1.165) is 23.6 Å². The summed E-state index contributed by atoms with van der Waals surface area (Å²) in [7, 11) is 0. The normalized spacial score (nSPS) is 47.4. The molecule has 102 valence electrons. The first-order valence-corrected chi connectivity index (χ1v) is 7.96. The van der Waals surface area contributed by atoms with Gasteiger partial charge in [0.05, 0.1) is 5.92 Å². The Morgan fingerprint density at radius 2 is 2.00 bits per heavy atom. The maximum absolute atomic E-state index is 5.62. The van der Waals surface area contributed by atoms with E-state index in [0.29, 0.717) is 23.9 Å². The van der Waals surface area contributed by atoms with Crippen LogP contribution in [0.25, 0.3) is 0 Å². The van der Waals surface area contributed by atoms with Crippen LogP contribution in [0.4, 0.5) is 0 Å². The molecular formula is C15H21N3O. The Labute approximate surface area is 113 Å². The molecule has 4 heteroatoms. The SMILES string of the molecule is C1CC2CC1CC2c1noc(C2CC3CCC2N3)n1. The van der Waals surface area contributed by atoms with Crippen molar-refractivity contribution in [2.45, 2.75) is 68.9 Å². The molecule has 0 radical (unpaired) electrons. The lowest BCUT2D eigenvalue weighted by Crippen LogP contribution is -2.21. The Morgan fingerprint density at radius 3 is 2.68 bits per heavy atom. The van der Waals surface area contributed by atoms with E-state index in [-0.39, 0.29) is 0 Å². The van der Waals surface area contributed by atoms with Gasteiger partial charge >= 0.3 is 0 Å². The van der Waals surface area contributed by atoms with Gasteiger partial charge in [0.2, 0.25) is 5.89 Å². The van der Waals surface area contributed by atoms with Gasteiger partial charge in [0.15, 0.2) is 5.82 Å². The molecule has 1 aromatic rings. The molecule has 4 bridgehead atoms. The molecule has 4 nitrogen and oxygen atoms in total. The molecule has 0 spiro atoms. The highest BCUT2D eigenvalue weighted by atomic mass is 16.5. The van der Waals surface area contributed by atoms with Crippen LogP contribution in [0.2, 0.25) is 0 Å². The molecular weight excluding hydrogens is 238 g/mol. The smallest absolute Gasteiger partial charge is 0.231 e. The van der Waals surface area contributed by atoms with Crippen LogP contribution in [-0.4, -0.2) is 22.2 Å². The Morgan fingerprint density at radius 1 is 1.00 bits per heavy atom. The van der Waals surface area contributed by atoms with E-state index >= 15 is 0 Å². The molecule has 4 fully saturated rings. The van der Waals surface area contributed by atoms with Gasteiger partial charge in [0.1, 0.15) is 0 Å². The van der Waals surface area contributed by atoms with Gasteiger partial charge in [-0.3, -0.25) is 0 Å². The first-order valence-electron chi connectivity index (χ1n) is 7.96. The second-order valence-corrected chi connectivity index (χ2v) is 7.16. The van der Waals surface area contributed by atoms with Crippen molar-refractivity contribution in [2.24, 2.45) is 11.8 Å². The van der Waals surface area contributed by atoms with Crippen molar-refractivity contribution in [1.29, 1.82) is 0 Å². The minimum absolute atomic E-state index is 0.485. The fraction of sp³-hybridized carbons (Fsp3) is 0.867. The largest absolute Gasteiger partial charge is 0.339 e. The monoisotopic (exact) mass is 259 g/mol. The average molecular weight is 259 g/mol.